The van der Waals surface area contributed by atoms with E-state index in [1.54, 1.807) is 19.9 Å². The normalized spacial score (nSPS) is 10.5. The monoisotopic (exact) mass is 346 g/mol. The van der Waals surface area contributed by atoms with E-state index in [1.807, 2.05) is 0 Å². The molecule has 2 aromatic rings. The third-order valence-corrected chi connectivity index (χ3v) is 3.59. The number of halogens is 3. The molecule has 1 heterocycles. The van der Waals surface area contributed by atoms with Crippen molar-refractivity contribution >= 4 is 40.5 Å². The largest absolute Gasteiger partial charge is 0.430 e. The summed E-state index contributed by atoms with van der Waals surface area (Å²) in [6.45, 7) is 3.45. The molecule has 21 heavy (non-hydrogen) atoms. The number of pyridine rings is 1. The molecular formula is C13H9Cl3N2O3. The van der Waals surface area contributed by atoms with Gasteiger partial charge in [0.15, 0.2) is 5.15 Å². The summed E-state index contributed by atoms with van der Waals surface area (Å²) >= 11 is 17.6. The summed E-state index contributed by atoms with van der Waals surface area (Å²) in [5.74, 6) is 0.0273. The van der Waals surface area contributed by atoms with Crippen LogP contribution in [0.5, 0.6) is 11.6 Å². The van der Waals surface area contributed by atoms with E-state index in [2.05, 4.69) is 4.98 Å². The highest BCUT2D eigenvalue weighted by Gasteiger charge is 2.21. The summed E-state index contributed by atoms with van der Waals surface area (Å²) in [6.07, 6.45) is 0. The van der Waals surface area contributed by atoms with E-state index < -0.39 is 4.92 Å². The predicted octanol–water partition coefficient (Wildman–Crippen LogP) is 5.36. The van der Waals surface area contributed by atoms with Crippen molar-refractivity contribution < 1.29 is 9.66 Å². The van der Waals surface area contributed by atoms with Crippen LogP contribution in [0.15, 0.2) is 18.2 Å². The first-order valence-corrected chi connectivity index (χ1v) is 6.88. The lowest BCUT2D eigenvalue weighted by atomic mass is 10.1. The molecule has 0 atom stereocenters. The highest BCUT2D eigenvalue weighted by molar-refractivity contribution is 6.42. The molecule has 1 aromatic heterocycles. The van der Waals surface area contributed by atoms with Crippen molar-refractivity contribution in [3.8, 4) is 11.6 Å². The van der Waals surface area contributed by atoms with Gasteiger partial charge in [0, 0.05) is 6.07 Å². The van der Waals surface area contributed by atoms with Crippen LogP contribution in [0.4, 0.5) is 5.69 Å². The van der Waals surface area contributed by atoms with Gasteiger partial charge in [0.25, 0.3) is 0 Å². The van der Waals surface area contributed by atoms with Gasteiger partial charge in [-0.1, -0.05) is 40.9 Å². The quantitative estimate of drug-likeness (QED) is 0.426. The summed E-state index contributed by atoms with van der Waals surface area (Å²) in [7, 11) is 0. The molecule has 0 saturated heterocycles. The van der Waals surface area contributed by atoms with Crippen molar-refractivity contribution in [2.24, 2.45) is 0 Å². The fourth-order valence-electron chi connectivity index (χ4n) is 1.80. The Kier molecular flexibility index (Phi) is 4.56. The Bertz CT molecular complexity index is 735. The van der Waals surface area contributed by atoms with Crippen molar-refractivity contribution in [2.75, 3.05) is 0 Å². The fraction of sp³-hybridized carbons (Fsp3) is 0.154. The second kappa shape index (κ2) is 6.05. The highest BCUT2D eigenvalue weighted by atomic mass is 35.5. The Morgan fingerprint density at radius 1 is 1.14 bits per heavy atom. The molecule has 0 fully saturated rings. The van der Waals surface area contributed by atoms with E-state index in [-0.39, 0.29) is 32.5 Å². The average Bonchev–Trinajstić information content (AvgIpc) is 2.38. The number of hydrogen-bond acceptors (Lipinski definition) is 4. The molecule has 0 aliphatic heterocycles. The number of ether oxygens (including phenoxy) is 1. The zero-order chi connectivity index (χ0) is 15.7. The molecule has 8 heteroatoms. The van der Waals surface area contributed by atoms with Crippen LogP contribution in [0.2, 0.25) is 15.2 Å². The molecule has 5 nitrogen and oxygen atoms in total. The Hall–Kier alpha value is -1.56. The third-order valence-electron chi connectivity index (χ3n) is 2.65. The number of aromatic nitrogens is 1. The van der Waals surface area contributed by atoms with E-state index in [1.165, 1.54) is 12.1 Å². The van der Waals surface area contributed by atoms with E-state index in [0.717, 1.165) is 5.56 Å². The molecule has 0 saturated carbocycles. The molecule has 110 valence electrons. The third kappa shape index (κ3) is 3.37. The fourth-order valence-corrected chi connectivity index (χ4v) is 2.33. The lowest BCUT2D eigenvalue weighted by Crippen LogP contribution is -1.98. The van der Waals surface area contributed by atoms with Crippen LogP contribution in [-0.2, 0) is 0 Å². The molecular weight excluding hydrogens is 339 g/mol. The second-order valence-electron chi connectivity index (χ2n) is 4.34. The first kappa shape index (κ1) is 15.8. The molecule has 0 spiro atoms. The van der Waals surface area contributed by atoms with Crippen molar-refractivity contribution in [3.05, 3.63) is 54.6 Å². The highest BCUT2D eigenvalue weighted by Crippen LogP contribution is 2.39. The summed E-state index contributed by atoms with van der Waals surface area (Å²) in [5, 5.41) is 11.4. The van der Waals surface area contributed by atoms with Crippen LogP contribution in [0.3, 0.4) is 0 Å². The number of aryl methyl sites for hydroxylation is 2. The summed E-state index contributed by atoms with van der Waals surface area (Å²) in [6, 6.07) is 4.53. The van der Waals surface area contributed by atoms with Crippen molar-refractivity contribution in [2.45, 2.75) is 13.8 Å². The second-order valence-corrected chi connectivity index (χ2v) is 5.51. The molecule has 1 aromatic carbocycles. The minimum Gasteiger partial charge on any atom is -0.430 e. The molecule has 0 amide bonds. The molecule has 0 bridgehead atoms. The molecule has 2 rings (SSSR count). The van der Waals surface area contributed by atoms with Crippen LogP contribution < -0.4 is 4.74 Å². The smallest absolute Gasteiger partial charge is 0.312 e. The maximum absolute atomic E-state index is 11.1. The standard InChI is InChI=1S/C13H9Cl3N2O3/c1-6-3-7(2)11(10(4-6)18(19)20)21-13-9(15)5-8(14)12(16)17-13/h3-5H,1-2H3. The number of benzene rings is 1. The van der Waals surface area contributed by atoms with Crippen molar-refractivity contribution in [1.29, 1.82) is 0 Å². The maximum atomic E-state index is 11.1. The zero-order valence-corrected chi connectivity index (χ0v) is 13.3. The van der Waals surface area contributed by atoms with Crippen molar-refractivity contribution in [3.63, 3.8) is 0 Å². The average molecular weight is 348 g/mol. The summed E-state index contributed by atoms with van der Waals surface area (Å²) in [5.41, 5.74) is 1.17. The Labute approximate surface area is 135 Å². The minimum absolute atomic E-state index is 0.00323. The number of nitro groups is 1. The Morgan fingerprint density at radius 2 is 1.81 bits per heavy atom. The van der Waals surface area contributed by atoms with Crippen LogP contribution >= 0.6 is 34.8 Å². The van der Waals surface area contributed by atoms with Crippen LogP contribution in [0, 0.1) is 24.0 Å². The first-order valence-electron chi connectivity index (χ1n) is 5.74. The lowest BCUT2D eigenvalue weighted by Gasteiger charge is -2.11. The van der Waals surface area contributed by atoms with Gasteiger partial charge >= 0.3 is 5.69 Å². The number of rotatable bonds is 3. The van der Waals surface area contributed by atoms with E-state index in [0.29, 0.717) is 5.56 Å². The van der Waals surface area contributed by atoms with Gasteiger partial charge in [0.2, 0.25) is 11.6 Å². The molecule has 0 N–H and O–H groups in total. The zero-order valence-electron chi connectivity index (χ0n) is 11.0. The molecule has 0 aliphatic carbocycles. The van der Waals surface area contributed by atoms with Crippen molar-refractivity contribution in [1.82, 2.24) is 4.98 Å². The van der Waals surface area contributed by atoms with Gasteiger partial charge in [-0.15, -0.1) is 0 Å². The van der Waals surface area contributed by atoms with Gasteiger partial charge in [-0.05, 0) is 31.0 Å². The minimum atomic E-state index is -0.527. The summed E-state index contributed by atoms with van der Waals surface area (Å²) in [4.78, 5) is 14.5. The topological polar surface area (TPSA) is 65.3 Å². The Morgan fingerprint density at radius 3 is 2.43 bits per heavy atom. The van der Waals surface area contributed by atoms with Gasteiger partial charge in [-0.2, -0.15) is 4.98 Å². The van der Waals surface area contributed by atoms with E-state index in [9.17, 15) is 10.1 Å². The molecule has 0 unspecified atom stereocenters. The predicted molar refractivity (Wildman–Crippen MR) is 81.9 cm³/mol. The van der Waals surface area contributed by atoms with E-state index in [4.69, 9.17) is 39.5 Å². The summed E-state index contributed by atoms with van der Waals surface area (Å²) < 4.78 is 5.50. The van der Waals surface area contributed by atoms with Gasteiger partial charge in [-0.3, -0.25) is 10.1 Å². The SMILES string of the molecule is Cc1cc(C)c(Oc2nc(Cl)c(Cl)cc2Cl)c([N+](=O)[O-])c1. The number of nitrogens with zero attached hydrogens (tertiary/aromatic N) is 2. The van der Waals surface area contributed by atoms with E-state index >= 15 is 0 Å². The molecule has 0 radical (unpaired) electrons. The van der Waals surface area contributed by atoms with Gasteiger partial charge < -0.3 is 4.74 Å². The number of nitro benzene ring substituents is 1. The van der Waals surface area contributed by atoms with Crippen LogP contribution in [-0.4, -0.2) is 9.91 Å². The van der Waals surface area contributed by atoms with Crippen LogP contribution in [0.25, 0.3) is 0 Å². The molecule has 0 aliphatic rings. The Balaban J connectivity index is 2.54. The van der Waals surface area contributed by atoms with Crippen LogP contribution in [0.1, 0.15) is 11.1 Å². The maximum Gasteiger partial charge on any atom is 0.312 e. The number of hydrogen-bond donors (Lipinski definition) is 0. The first-order chi connectivity index (χ1) is 9.79. The van der Waals surface area contributed by atoms with Gasteiger partial charge in [0.1, 0.15) is 5.02 Å². The van der Waals surface area contributed by atoms with Gasteiger partial charge in [0.05, 0.1) is 9.95 Å². The lowest BCUT2D eigenvalue weighted by molar-refractivity contribution is -0.385. The van der Waals surface area contributed by atoms with Gasteiger partial charge in [-0.25, -0.2) is 0 Å².